The van der Waals surface area contributed by atoms with Crippen LogP contribution in [0.3, 0.4) is 0 Å². The van der Waals surface area contributed by atoms with E-state index in [4.69, 9.17) is 4.55 Å². The molecule has 0 aromatic heterocycles. The van der Waals surface area contributed by atoms with Gasteiger partial charge in [0.2, 0.25) is 0 Å². The molecule has 0 aliphatic carbocycles. The summed E-state index contributed by atoms with van der Waals surface area (Å²) in [6.07, 6.45) is 0. The smallest absolute Gasteiger partial charge is 0.282 e. The van der Waals surface area contributed by atoms with Gasteiger partial charge in [-0.05, 0) is 40.8 Å². The molecule has 6 heteroatoms. The van der Waals surface area contributed by atoms with Gasteiger partial charge in [0.05, 0.1) is 4.90 Å². The molecule has 1 aromatic rings. The highest BCUT2D eigenvalue weighted by Crippen LogP contribution is 2.11. The van der Waals surface area contributed by atoms with E-state index in [1.54, 1.807) is 12.1 Å². The average molecular weight is 314 g/mol. The minimum absolute atomic E-state index is 0. The second-order valence-electron chi connectivity index (χ2n) is 1.93. The fourth-order valence-electron chi connectivity index (χ4n) is 0.627. The summed E-state index contributed by atoms with van der Waals surface area (Å²) in [5.41, 5.74) is 0. The van der Waals surface area contributed by atoms with E-state index in [0.717, 1.165) is 3.57 Å². The van der Waals surface area contributed by atoms with Crippen LogP contribution in [-0.4, -0.2) is 30.3 Å². The Balaban J connectivity index is 0.00000121. The van der Waals surface area contributed by atoms with Gasteiger partial charge >= 0.3 is 0 Å². The van der Waals surface area contributed by atoms with E-state index in [-0.39, 0.29) is 22.3 Å². The van der Waals surface area contributed by atoms with Crippen LogP contribution in [0.15, 0.2) is 29.2 Å². The van der Waals surface area contributed by atoms with Gasteiger partial charge in [0.25, 0.3) is 10.1 Å². The van der Waals surface area contributed by atoms with Gasteiger partial charge in [-0.1, -0.05) is 6.07 Å². The Kier molecular flexibility index (Phi) is 4.73. The molecule has 0 aliphatic heterocycles. The quantitative estimate of drug-likeness (QED) is 0.462. The maximum atomic E-state index is 10.5. The van der Waals surface area contributed by atoms with Gasteiger partial charge in [0, 0.05) is 3.57 Å². The highest BCUT2D eigenvalue weighted by Gasteiger charge is 2.07. The summed E-state index contributed by atoms with van der Waals surface area (Å²) in [4.78, 5) is -0.0654. The number of hydrogen-bond donors (Lipinski definition) is 1. The van der Waals surface area contributed by atoms with Crippen molar-refractivity contribution in [3.63, 3.8) is 0 Å². The lowest BCUT2D eigenvalue weighted by atomic mass is 10.4. The van der Waals surface area contributed by atoms with Crippen LogP contribution >= 0.6 is 22.6 Å². The third-order valence-corrected chi connectivity index (χ3v) is 2.61. The summed E-state index contributed by atoms with van der Waals surface area (Å²) in [6, 6.07) is 6.06. The largest absolute Gasteiger partial charge is 0.294 e. The molecule has 12 heavy (non-hydrogen) atoms. The van der Waals surface area contributed by atoms with E-state index in [9.17, 15) is 8.42 Å². The van der Waals surface area contributed by atoms with Gasteiger partial charge in [-0.2, -0.15) is 8.42 Å². The van der Waals surface area contributed by atoms with Crippen molar-refractivity contribution in [1.29, 1.82) is 0 Å². The first-order valence-corrected chi connectivity index (χ1v) is 5.25. The predicted molar refractivity (Wildman–Crippen MR) is 58.9 cm³/mol. The van der Waals surface area contributed by atoms with Crippen LogP contribution in [0.25, 0.3) is 0 Å². The third-order valence-electron chi connectivity index (χ3n) is 1.09. The molecule has 0 heterocycles. The molecular formula is C6H8AlIO3S. The van der Waals surface area contributed by atoms with Crippen molar-refractivity contribution in [2.45, 2.75) is 4.90 Å². The van der Waals surface area contributed by atoms with Crippen LogP contribution in [0.2, 0.25) is 0 Å². The van der Waals surface area contributed by atoms with Crippen molar-refractivity contribution in [1.82, 2.24) is 0 Å². The van der Waals surface area contributed by atoms with E-state index in [2.05, 4.69) is 0 Å². The van der Waals surface area contributed by atoms with Gasteiger partial charge < -0.3 is 0 Å². The maximum absolute atomic E-state index is 10.5. The van der Waals surface area contributed by atoms with Gasteiger partial charge in [-0.3, -0.25) is 4.55 Å². The zero-order valence-corrected chi connectivity index (χ0v) is 8.33. The Morgan fingerprint density at radius 3 is 2.25 bits per heavy atom. The third kappa shape index (κ3) is 3.41. The van der Waals surface area contributed by atoms with E-state index >= 15 is 0 Å². The van der Waals surface area contributed by atoms with Crippen molar-refractivity contribution in [3.8, 4) is 0 Å². The van der Waals surface area contributed by atoms with E-state index in [1.165, 1.54) is 12.1 Å². The standard InChI is InChI=1S/C6H5IO3S.Al.3H/c7-5-2-1-3-6(4-5)11(8,9)10;;;;/h1-4H,(H,8,9,10);;;;. The second-order valence-corrected chi connectivity index (χ2v) is 4.60. The first-order chi connectivity index (χ1) is 5.00. The normalized spacial score (nSPS) is 10.5. The fraction of sp³-hybridized carbons (Fsp3) is 0. The molecule has 0 spiro atoms. The SMILES string of the molecule is O=S(=O)(O)c1cccc(I)c1.[AlH3]. The summed E-state index contributed by atoms with van der Waals surface area (Å²) in [5.74, 6) is 0. The zero-order valence-electron chi connectivity index (χ0n) is 5.36. The molecule has 0 aliphatic rings. The Morgan fingerprint density at radius 2 is 1.92 bits per heavy atom. The van der Waals surface area contributed by atoms with Gasteiger partial charge in [0.1, 0.15) is 0 Å². The zero-order chi connectivity index (χ0) is 8.48. The molecule has 0 unspecified atom stereocenters. The van der Waals surface area contributed by atoms with Crippen LogP contribution in [0.4, 0.5) is 0 Å². The molecule has 66 valence electrons. The first-order valence-electron chi connectivity index (χ1n) is 2.73. The Labute approximate surface area is 95.2 Å². The molecule has 0 saturated carbocycles. The number of hydrogen-bond acceptors (Lipinski definition) is 2. The monoisotopic (exact) mass is 314 g/mol. The molecule has 1 N–H and O–H groups in total. The molecule has 0 amide bonds. The van der Waals surface area contributed by atoms with Crippen LogP contribution < -0.4 is 0 Å². The lowest BCUT2D eigenvalue weighted by Crippen LogP contribution is -1.97. The lowest BCUT2D eigenvalue weighted by Gasteiger charge is -1.95. The van der Waals surface area contributed by atoms with Crippen LogP contribution in [0.5, 0.6) is 0 Å². The van der Waals surface area contributed by atoms with Crippen LogP contribution in [-0.2, 0) is 10.1 Å². The predicted octanol–water partition coefficient (Wildman–Crippen LogP) is 0.354. The molecule has 0 fully saturated rings. The van der Waals surface area contributed by atoms with E-state index in [1.807, 2.05) is 22.6 Å². The van der Waals surface area contributed by atoms with Gasteiger partial charge in [-0.15, -0.1) is 0 Å². The number of rotatable bonds is 1. The second kappa shape index (κ2) is 4.58. The average Bonchev–Trinajstić information content (AvgIpc) is 1.86. The van der Waals surface area contributed by atoms with Gasteiger partial charge in [0.15, 0.2) is 17.4 Å². The van der Waals surface area contributed by atoms with Crippen molar-refractivity contribution in [2.24, 2.45) is 0 Å². The van der Waals surface area contributed by atoms with Crippen molar-refractivity contribution >= 4 is 50.1 Å². The maximum Gasteiger partial charge on any atom is 0.294 e. The number of halogens is 1. The summed E-state index contributed by atoms with van der Waals surface area (Å²) in [7, 11) is -4.03. The molecule has 1 rings (SSSR count). The van der Waals surface area contributed by atoms with Crippen LogP contribution in [0.1, 0.15) is 0 Å². The van der Waals surface area contributed by atoms with Crippen LogP contribution in [0, 0.1) is 3.57 Å². The number of benzene rings is 1. The Hall–Kier alpha value is 0.392. The summed E-state index contributed by atoms with van der Waals surface area (Å²) >= 11 is 1.97. The van der Waals surface area contributed by atoms with E-state index < -0.39 is 10.1 Å². The highest BCUT2D eigenvalue weighted by atomic mass is 127. The topological polar surface area (TPSA) is 54.4 Å². The van der Waals surface area contributed by atoms with E-state index in [0.29, 0.717) is 0 Å². The van der Waals surface area contributed by atoms with Crippen molar-refractivity contribution < 1.29 is 13.0 Å². The van der Waals surface area contributed by atoms with Gasteiger partial charge in [-0.25, -0.2) is 0 Å². The summed E-state index contributed by atoms with van der Waals surface area (Å²) in [6.45, 7) is 0. The van der Waals surface area contributed by atoms with Crippen molar-refractivity contribution in [3.05, 3.63) is 27.8 Å². The summed E-state index contributed by atoms with van der Waals surface area (Å²) in [5, 5.41) is 0. The molecular weight excluding hydrogens is 306 g/mol. The molecule has 0 bridgehead atoms. The molecule has 0 radical (unpaired) electrons. The Bertz CT molecular complexity index is 363. The minimum Gasteiger partial charge on any atom is -0.282 e. The highest BCUT2D eigenvalue weighted by molar-refractivity contribution is 14.1. The molecule has 3 nitrogen and oxygen atoms in total. The first kappa shape index (κ1) is 12.4. The minimum atomic E-state index is -4.03. The fourth-order valence-corrected chi connectivity index (χ4v) is 1.91. The molecule has 0 saturated heterocycles. The lowest BCUT2D eigenvalue weighted by molar-refractivity contribution is 0.483. The molecule has 1 aromatic carbocycles. The summed E-state index contributed by atoms with van der Waals surface area (Å²) < 4.78 is 30.4. The van der Waals surface area contributed by atoms with Crippen molar-refractivity contribution in [2.75, 3.05) is 0 Å². The Morgan fingerprint density at radius 1 is 1.33 bits per heavy atom. The molecule has 0 atom stereocenters.